The summed E-state index contributed by atoms with van der Waals surface area (Å²) in [6.07, 6.45) is 0.429. The average molecular weight is 299 g/mol. The molecule has 4 nitrogen and oxygen atoms in total. The van der Waals surface area contributed by atoms with Gasteiger partial charge in [0, 0.05) is 18.2 Å². The number of anilines is 1. The Labute approximate surface area is 131 Å². The van der Waals surface area contributed by atoms with Crippen LogP contribution in [0.25, 0.3) is 0 Å². The quantitative estimate of drug-likeness (QED) is 0.881. The third-order valence-electron chi connectivity index (χ3n) is 3.53. The number of hydrogen-bond donors (Lipinski definition) is 1. The monoisotopic (exact) mass is 299 g/mol. The zero-order chi connectivity index (χ0) is 15.9. The smallest absolute Gasteiger partial charge is 0.224 e. The van der Waals surface area contributed by atoms with Gasteiger partial charge >= 0.3 is 0 Å². The highest BCUT2D eigenvalue weighted by Gasteiger charge is 2.12. The first-order valence-electron chi connectivity index (χ1n) is 7.21. The summed E-state index contributed by atoms with van der Waals surface area (Å²) in [5.41, 5.74) is 1.85. The van der Waals surface area contributed by atoms with Crippen molar-refractivity contribution in [3.8, 4) is 11.5 Å². The molecule has 0 spiro atoms. The maximum atomic E-state index is 12.2. The Kier molecular flexibility index (Phi) is 5.42. The van der Waals surface area contributed by atoms with Gasteiger partial charge in [0.05, 0.1) is 14.2 Å². The van der Waals surface area contributed by atoms with Gasteiger partial charge in [0.25, 0.3) is 0 Å². The minimum Gasteiger partial charge on any atom is -0.493 e. The molecule has 0 aromatic heterocycles. The fourth-order valence-corrected chi connectivity index (χ4v) is 2.30. The molecule has 0 saturated carbocycles. The molecule has 116 valence electrons. The van der Waals surface area contributed by atoms with Crippen molar-refractivity contribution in [1.82, 2.24) is 0 Å². The van der Waals surface area contributed by atoms with Crippen molar-refractivity contribution in [1.29, 1.82) is 0 Å². The van der Waals surface area contributed by atoms with Gasteiger partial charge in [0.15, 0.2) is 11.5 Å². The maximum absolute atomic E-state index is 12.2. The Bertz CT molecular complexity index is 625. The van der Waals surface area contributed by atoms with E-state index in [1.54, 1.807) is 32.4 Å². The summed E-state index contributed by atoms with van der Waals surface area (Å²) in [6, 6.07) is 15.3. The molecule has 0 heterocycles. The number of rotatable bonds is 6. The van der Waals surface area contributed by atoms with Crippen molar-refractivity contribution in [3.63, 3.8) is 0 Å². The lowest BCUT2D eigenvalue weighted by Gasteiger charge is -2.13. The minimum atomic E-state index is -0.0245. The lowest BCUT2D eigenvalue weighted by molar-refractivity contribution is -0.116. The molecule has 1 unspecified atom stereocenters. The predicted octanol–water partition coefficient (Wildman–Crippen LogP) is 3.84. The van der Waals surface area contributed by atoms with E-state index in [0.717, 1.165) is 5.56 Å². The standard InChI is InChI=1S/C18H21NO3/c1-13(14-7-5-4-6-8-14)11-18(20)19-15-9-10-16(21-2)17(12-15)22-3/h4-10,12-13H,11H2,1-3H3,(H,19,20). The number of amides is 1. The highest BCUT2D eigenvalue weighted by Crippen LogP contribution is 2.30. The fraction of sp³-hybridized carbons (Fsp3) is 0.278. The summed E-state index contributed by atoms with van der Waals surface area (Å²) in [7, 11) is 3.15. The average Bonchev–Trinajstić information content (AvgIpc) is 2.55. The van der Waals surface area contributed by atoms with Crippen molar-refractivity contribution >= 4 is 11.6 Å². The molecule has 0 aliphatic rings. The highest BCUT2D eigenvalue weighted by molar-refractivity contribution is 5.91. The zero-order valence-corrected chi connectivity index (χ0v) is 13.1. The largest absolute Gasteiger partial charge is 0.493 e. The van der Waals surface area contributed by atoms with Gasteiger partial charge in [-0.2, -0.15) is 0 Å². The van der Waals surface area contributed by atoms with Gasteiger partial charge in [-0.25, -0.2) is 0 Å². The van der Waals surface area contributed by atoms with Crippen LogP contribution in [-0.2, 0) is 4.79 Å². The number of methoxy groups -OCH3 is 2. The summed E-state index contributed by atoms with van der Waals surface area (Å²) in [5.74, 6) is 1.37. The Morgan fingerprint density at radius 2 is 1.73 bits per heavy atom. The number of ether oxygens (including phenoxy) is 2. The van der Waals surface area contributed by atoms with E-state index in [4.69, 9.17) is 9.47 Å². The van der Waals surface area contributed by atoms with Gasteiger partial charge in [0.2, 0.25) is 5.91 Å². The molecule has 0 aliphatic carbocycles. The van der Waals surface area contributed by atoms with E-state index >= 15 is 0 Å². The van der Waals surface area contributed by atoms with Gasteiger partial charge in [-0.15, -0.1) is 0 Å². The summed E-state index contributed by atoms with van der Waals surface area (Å²) in [5, 5.41) is 2.89. The molecule has 0 radical (unpaired) electrons. The molecule has 2 aromatic rings. The lowest BCUT2D eigenvalue weighted by Crippen LogP contribution is -2.14. The van der Waals surface area contributed by atoms with Crippen molar-refractivity contribution in [2.45, 2.75) is 19.3 Å². The Morgan fingerprint density at radius 3 is 2.36 bits per heavy atom. The second-order valence-corrected chi connectivity index (χ2v) is 5.13. The first-order chi connectivity index (χ1) is 10.6. The van der Waals surface area contributed by atoms with Crippen molar-refractivity contribution < 1.29 is 14.3 Å². The first-order valence-corrected chi connectivity index (χ1v) is 7.21. The molecule has 0 saturated heterocycles. The first kappa shape index (κ1) is 15.9. The fourth-order valence-electron chi connectivity index (χ4n) is 2.30. The minimum absolute atomic E-state index is 0.0245. The molecule has 1 atom stereocenters. The highest BCUT2D eigenvalue weighted by atomic mass is 16.5. The van der Waals surface area contributed by atoms with Crippen LogP contribution in [0.2, 0.25) is 0 Å². The number of benzene rings is 2. The second-order valence-electron chi connectivity index (χ2n) is 5.13. The van der Waals surface area contributed by atoms with Crippen LogP contribution in [0, 0.1) is 0 Å². The SMILES string of the molecule is COc1ccc(NC(=O)CC(C)c2ccccc2)cc1OC. The van der Waals surface area contributed by atoms with E-state index in [0.29, 0.717) is 23.6 Å². The third kappa shape index (κ3) is 4.01. The van der Waals surface area contributed by atoms with E-state index in [1.807, 2.05) is 37.3 Å². The van der Waals surface area contributed by atoms with Gasteiger partial charge in [-0.05, 0) is 23.6 Å². The second kappa shape index (κ2) is 7.50. The predicted molar refractivity (Wildman–Crippen MR) is 87.6 cm³/mol. The van der Waals surface area contributed by atoms with Crippen LogP contribution in [0.1, 0.15) is 24.8 Å². The van der Waals surface area contributed by atoms with Crippen LogP contribution in [-0.4, -0.2) is 20.1 Å². The number of hydrogen-bond acceptors (Lipinski definition) is 3. The zero-order valence-electron chi connectivity index (χ0n) is 13.1. The summed E-state index contributed by atoms with van der Waals surface area (Å²) >= 11 is 0. The van der Waals surface area contributed by atoms with Crippen LogP contribution in [0.3, 0.4) is 0 Å². The van der Waals surface area contributed by atoms with Crippen LogP contribution in [0.5, 0.6) is 11.5 Å². The summed E-state index contributed by atoms with van der Waals surface area (Å²) in [4.78, 5) is 12.2. The Hall–Kier alpha value is -2.49. The van der Waals surface area contributed by atoms with Gasteiger partial charge in [0.1, 0.15) is 0 Å². The van der Waals surface area contributed by atoms with Crippen LogP contribution in [0.4, 0.5) is 5.69 Å². The lowest BCUT2D eigenvalue weighted by atomic mass is 9.97. The van der Waals surface area contributed by atoms with Crippen molar-refractivity contribution in [2.24, 2.45) is 0 Å². The van der Waals surface area contributed by atoms with Gasteiger partial charge in [-0.1, -0.05) is 37.3 Å². The molecule has 4 heteroatoms. The molecule has 0 fully saturated rings. The molecule has 0 bridgehead atoms. The van der Waals surface area contributed by atoms with Crippen molar-refractivity contribution in [3.05, 3.63) is 54.1 Å². The maximum Gasteiger partial charge on any atom is 0.224 e. The molecule has 0 aliphatic heterocycles. The molecule has 2 rings (SSSR count). The van der Waals surface area contributed by atoms with Crippen LogP contribution in [0.15, 0.2) is 48.5 Å². The molecule has 1 amide bonds. The van der Waals surface area contributed by atoms with Crippen LogP contribution < -0.4 is 14.8 Å². The number of carbonyl (C=O) groups is 1. The van der Waals surface area contributed by atoms with Gasteiger partial charge < -0.3 is 14.8 Å². The van der Waals surface area contributed by atoms with Crippen LogP contribution >= 0.6 is 0 Å². The molecular weight excluding hydrogens is 278 g/mol. The third-order valence-corrected chi connectivity index (χ3v) is 3.53. The van der Waals surface area contributed by atoms with E-state index in [-0.39, 0.29) is 11.8 Å². The van der Waals surface area contributed by atoms with E-state index in [1.165, 1.54) is 0 Å². The Morgan fingerprint density at radius 1 is 1.05 bits per heavy atom. The molecule has 1 N–H and O–H groups in total. The molecular formula is C18H21NO3. The number of nitrogens with one attached hydrogen (secondary N) is 1. The normalized spacial score (nSPS) is 11.6. The van der Waals surface area contributed by atoms with E-state index in [9.17, 15) is 4.79 Å². The summed E-state index contributed by atoms with van der Waals surface area (Å²) < 4.78 is 10.4. The topological polar surface area (TPSA) is 47.6 Å². The van der Waals surface area contributed by atoms with E-state index in [2.05, 4.69) is 5.32 Å². The van der Waals surface area contributed by atoms with Gasteiger partial charge in [-0.3, -0.25) is 4.79 Å². The van der Waals surface area contributed by atoms with Crippen molar-refractivity contribution in [2.75, 3.05) is 19.5 Å². The Balaban J connectivity index is 2.00. The summed E-state index contributed by atoms with van der Waals surface area (Å²) in [6.45, 7) is 2.05. The van der Waals surface area contributed by atoms with E-state index < -0.39 is 0 Å². The number of carbonyl (C=O) groups excluding carboxylic acids is 1. The molecule has 22 heavy (non-hydrogen) atoms. The molecule has 2 aromatic carbocycles.